The molecule has 1 aliphatic heterocycles. The number of sulfonamides is 1. The normalized spacial score (nSPS) is 21.5. The van der Waals surface area contributed by atoms with E-state index in [9.17, 15) is 13.2 Å². The number of ether oxygens (including phenoxy) is 2. The monoisotopic (exact) mass is 597 g/mol. The molecule has 4 rings (SSSR count). The molecule has 214 valence electrons. The summed E-state index contributed by atoms with van der Waals surface area (Å²) in [5.41, 5.74) is 1.35. The van der Waals surface area contributed by atoms with Crippen LogP contribution in [0.4, 0.5) is 0 Å². The minimum atomic E-state index is -3.89. The van der Waals surface area contributed by atoms with Crippen molar-refractivity contribution in [3.8, 4) is 0 Å². The minimum Gasteiger partial charge on any atom is -0.379 e. The van der Waals surface area contributed by atoms with Crippen LogP contribution in [-0.4, -0.2) is 82.7 Å². The number of hydrogen-bond acceptors (Lipinski definition) is 6. The van der Waals surface area contributed by atoms with Gasteiger partial charge in [0.15, 0.2) is 0 Å². The van der Waals surface area contributed by atoms with Gasteiger partial charge in [0, 0.05) is 38.8 Å². The molecule has 1 saturated carbocycles. The van der Waals surface area contributed by atoms with E-state index in [0.717, 1.165) is 56.3 Å². The quantitative estimate of drug-likeness (QED) is 0.387. The Balaban J connectivity index is 1.21. The van der Waals surface area contributed by atoms with Gasteiger partial charge in [-0.05, 0) is 49.3 Å². The fraction of sp³-hybridized carbons (Fsp3) is 0.536. The first-order valence-electron chi connectivity index (χ1n) is 13.4. The third-order valence-corrected chi connectivity index (χ3v) is 10.3. The second-order valence-electron chi connectivity index (χ2n) is 10.1. The van der Waals surface area contributed by atoms with E-state index in [-0.39, 0.29) is 46.6 Å². The third kappa shape index (κ3) is 7.94. The molecule has 2 aromatic rings. The summed E-state index contributed by atoms with van der Waals surface area (Å²) in [5, 5.41) is 3.21. The molecule has 0 aromatic heterocycles. The Morgan fingerprint density at radius 1 is 1.05 bits per heavy atom. The number of carbonyl (C=O) groups is 1. The predicted molar refractivity (Wildman–Crippen MR) is 153 cm³/mol. The van der Waals surface area contributed by atoms with Crippen molar-refractivity contribution in [1.29, 1.82) is 0 Å². The standard InChI is InChI=1S/C28H37Cl2N3O5S/c1-32(39(35,36)28-24(29)8-5-9-25(28)30)14-17-38-20-26(34)31-23-12-10-22(11-13-23)27(21-6-3-2-4-7-21)33-15-18-37-19-16-33/h2-9,22-23,27H,10-20H2,1H3,(H,31,34). The van der Waals surface area contributed by atoms with E-state index in [0.29, 0.717) is 12.0 Å². The van der Waals surface area contributed by atoms with E-state index in [4.69, 9.17) is 32.7 Å². The van der Waals surface area contributed by atoms with Gasteiger partial charge in [-0.25, -0.2) is 8.42 Å². The van der Waals surface area contributed by atoms with Crippen LogP contribution in [0.25, 0.3) is 0 Å². The molecule has 1 aliphatic carbocycles. The summed E-state index contributed by atoms with van der Waals surface area (Å²) < 4.78 is 37.9. The van der Waals surface area contributed by atoms with Gasteiger partial charge in [0.25, 0.3) is 0 Å². The number of hydrogen-bond donors (Lipinski definition) is 1. The van der Waals surface area contributed by atoms with Crippen molar-refractivity contribution in [2.24, 2.45) is 5.92 Å². The first-order chi connectivity index (χ1) is 18.8. The Bertz CT molecular complexity index is 1170. The zero-order valence-electron chi connectivity index (χ0n) is 22.2. The first kappa shape index (κ1) is 30.2. The van der Waals surface area contributed by atoms with Gasteiger partial charge in [0.1, 0.15) is 11.5 Å². The van der Waals surface area contributed by atoms with E-state index < -0.39 is 10.0 Å². The molecule has 0 spiro atoms. The highest BCUT2D eigenvalue weighted by Crippen LogP contribution is 2.39. The zero-order chi connectivity index (χ0) is 27.8. The molecule has 1 atom stereocenters. The van der Waals surface area contributed by atoms with Gasteiger partial charge >= 0.3 is 0 Å². The Morgan fingerprint density at radius 3 is 2.33 bits per heavy atom. The van der Waals surface area contributed by atoms with Crippen molar-refractivity contribution < 1.29 is 22.7 Å². The molecule has 1 heterocycles. The topological polar surface area (TPSA) is 88.2 Å². The Morgan fingerprint density at radius 2 is 1.69 bits per heavy atom. The predicted octanol–water partition coefficient (Wildman–Crippen LogP) is 4.38. The van der Waals surface area contributed by atoms with Crippen LogP contribution >= 0.6 is 23.2 Å². The molecule has 8 nitrogen and oxygen atoms in total. The van der Waals surface area contributed by atoms with Crippen LogP contribution in [0.3, 0.4) is 0 Å². The molecule has 2 aliphatic rings. The van der Waals surface area contributed by atoms with E-state index in [1.54, 1.807) is 6.07 Å². The highest BCUT2D eigenvalue weighted by Gasteiger charge is 2.33. The van der Waals surface area contributed by atoms with E-state index >= 15 is 0 Å². The Labute approximate surface area is 241 Å². The lowest BCUT2D eigenvalue weighted by molar-refractivity contribution is -0.126. The number of likely N-dealkylation sites (N-methyl/N-ethyl adjacent to an activating group) is 1. The maximum atomic E-state index is 12.8. The lowest BCUT2D eigenvalue weighted by atomic mass is 9.78. The van der Waals surface area contributed by atoms with Gasteiger partial charge in [-0.2, -0.15) is 4.31 Å². The number of carbonyl (C=O) groups excluding carboxylic acids is 1. The van der Waals surface area contributed by atoms with Crippen LogP contribution in [-0.2, 0) is 24.3 Å². The largest absolute Gasteiger partial charge is 0.379 e. The smallest absolute Gasteiger partial charge is 0.246 e. The van der Waals surface area contributed by atoms with Gasteiger partial charge in [0.2, 0.25) is 15.9 Å². The molecule has 39 heavy (non-hydrogen) atoms. The van der Waals surface area contributed by atoms with Crippen LogP contribution in [0.1, 0.15) is 37.3 Å². The van der Waals surface area contributed by atoms with Crippen LogP contribution in [0.15, 0.2) is 53.4 Å². The van der Waals surface area contributed by atoms with Gasteiger partial charge in [-0.1, -0.05) is 59.6 Å². The van der Waals surface area contributed by atoms with Crippen LogP contribution in [0, 0.1) is 5.92 Å². The van der Waals surface area contributed by atoms with Gasteiger partial charge in [0.05, 0.1) is 29.9 Å². The second kappa shape index (κ2) is 14.3. The molecule has 2 fully saturated rings. The Hall–Kier alpha value is -1.72. The fourth-order valence-electron chi connectivity index (χ4n) is 5.50. The van der Waals surface area contributed by atoms with Crippen LogP contribution in [0.5, 0.6) is 0 Å². The van der Waals surface area contributed by atoms with Gasteiger partial charge in [-0.15, -0.1) is 0 Å². The number of morpholine rings is 1. The second-order valence-corrected chi connectivity index (χ2v) is 12.9. The molecular formula is C28H37Cl2N3O5S. The van der Waals surface area contributed by atoms with Crippen molar-refractivity contribution in [1.82, 2.24) is 14.5 Å². The SMILES string of the molecule is CN(CCOCC(=O)NC1CCC(C(c2ccccc2)N2CCOCC2)CC1)S(=O)(=O)c1c(Cl)cccc1Cl. The highest BCUT2D eigenvalue weighted by atomic mass is 35.5. The number of rotatable bonds is 11. The number of halogens is 2. The van der Waals surface area contributed by atoms with Crippen molar-refractivity contribution >= 4 is 39.1 Å². The number of amides is 1. The van der Waals surface area contributed by atoms with Crippen LogP contribution < -0.4 is 5.32 Å². The van der Waals surface area contributed by atoms with Crippen LogP contribution in [0.2, 0.25) is 10.0 Å². The summed E-state index contributed by atoms with van der Waals surface area (Å²) in [6.07, 6.45) is 3.92. The van der Waals surface area contributed by atoms with E-state index in [1.165, 1.54) is 24.7 Å². The van der Waals surface area contributed by atoms with Crippen molar-refractivity contribution in [3.63, 3.8) is 0 Å². The van der Waals surface area contributed by atoms with Gasteiger partial charge in [-0.3, -0.25) is 9.69 Å². The Kier molecular flexibility index (Phi) is 11.1. The zero-order valence-corrected chi connectivity index (χ0v) is 24.6. The van der Waals surface area contributed by atoms with Crippen molar-refractivity contribution in [3.05, 3.63) is 64.1 Å². The number of benzene rings is 2. The lowest BCUT2D eigenvalue weighted by Crippen LogP contribution is -2.45. The summed E-state index contributed by atoms with van der Waals surface area (Å²) in [6, 6.07) is 15.7. The summed E-state index contributed by atoms with van der Waals surface area (Å²) in [6.45, 7) is 3.42. The van der Waals surface area contributed by atoms with Crippen molar-refractivity contribution in [2.45, 2.75) is 42.7 Å². The average molecular weight is 599 g/mol. The van der Waals surface area contributed by atoms with E-state index in [1.807, 2.05) is 0 Å². The summed E-state index contributed by atoms with van der Waals surface area (Å²) in [7, 11) is -2.46. The molecule has 2 aromatic carbocycles. The molecule has 11 heteroatoms. The summed E-state index contributed by atoms with van der Waals surface area (Å²) in [5.74, 6) is 0.338. The fourth-order valence-corrected chi connectivity index (χ4v) is 7.74. The van der Waals surface area contributed by atoms with E-state index in [2.05, 4.69) is 40.5 Å². The maximum absolute atomic E-state index is 12.8. The molecule has 0 bridgehead atoms. The van der Waals surface area contributed by atoms with Gasteiger partial charge < -0.3 is 14.8 Å². The highest BCUT2D eigenvalue weighted by molar-refractivity contribution is 7.89. The molecule has 1 amide bonds. The maximum Gasteiger partial charge on any atom is 0.246 e. The molecule has 0 radical (unpaired) electrons. The summed E-state index contributed by atoms with van der Waals surface area (Å²) >= 11 is 12.1. The minimum absolute atomic E-state index is 0.0596. The third-order valence-electron chi connectivity index (χ3n) is 7.53. The lowest BCUT2D eigenvalue weighted by Gasteiger charge is -2.42. The number of nitrogens with one attached hydrogen (secondary N) is 1. The molecule has 1 unspecified atom stereocenters. The number of nitrogens with zero attached hydrogens (tertiary/aromatic N) is 2. The first-order valence-corrected chi connectivity index (χ1v) is 15.6. The summed E-state index contributed by atoms with van der Waals surface area (Å²) in [4.78, 5) is 14.9. The average Bonchev–Trinajstić information content (AvgIpc) is 2.93. The van der Waals surface area contributed by atoms with Crippen molar-refractivity contribution in [2.75, 3.05) is 53.1 Å². The molecule has 1 saturated heterocycles. The molecular weight excluding hydrogens is 561 g/mol. The molecule has 1 N–H and O–H groups in total.